The first-order valence-electron chi connectivity index (χ1n) is 13.7. The van der Waals surface area contributed by atoms with Gasteiger partial charge in [-0.3, -0.25) is 0 Å². The van der Waals surface area contributed by atoms with Gasteiger partial charge in [0.2, 0.25) is 0 Å². The van der Waals surface area contributed by atoms with Crippen molar-refractivity contribution in [1.82, 2.24) is 4.90 Å². The number of unbranched alkanes of at least 4 members (excludes halogenated alkanes) is 1. The molecule has 0 spiro atoms. The van der Waals surface area contributed by atoms with Gasteiger partial charge in [0.1, 0.15) is 23.0 Å². The molecule has 0 radical (unpaired) electrons. The summed E-state index contributed by atoms with van der Waals surface area (Å²) >= 11 is 0. The van der Waals surface area contributed by atoms with Crippen LogP contribution in [0.5, 0.6) is 23.0 Å². The van der Waals surface area contributed by atoms with Crippen molar-refractivity contribution < 1.29 is 19.7 Å². The molecule has 0 saturated carbocycles. The minimum atomic E-state index is -0.356. The van der Waals surface area contributed by atoms with Crippen molar-refractivity contribution in [2.75, 3.05) is 26.3 Å². The van der Waals surface area contributed by atoms with Crippen LogP contribution in [0.25, 0.3) is 0 Å². The van der Waals surface area contributed by atoms with E-state index in [-0.39, 0.29) is 22.8 Å². The smallest absolute Gasteiger partial charge is 0.126 e. The molecule has 5 heteroatoms. The third-order valence-corrected chi connectivity index (χ3v) is 8.26. The molecule has 2 aliphatic rings. The number of piperidine rings is 1. The predicted octanol–water partition coefficient (Wildman–Crippen LogP) is 6.61. The average Bonchev–Trinajstić information content (AvgIpc) is 2.90. The van der Waals surface area contributed by atoms with Gasteiger partial charge in [0.15, 0.2) is 0 Å². The molecular formula is C32H39NO4. The van der Waals surface area contributed by atoms with E-state index in [0.717, 1.165) is 42.0 Å². The van der Waals surface area contributed by atoms with E-state index in [1.807, 2.05) is 18.2 Å². The van der Waals surface area contributed by atoms with Crippen molar-refractivity contribution in [1.29, 1.82) is 0 Å². The molecule has 2 aliphatic heterocycles. The lowest BCUT2D eigenvalue weighted by molar-refractivity contribution is 0.154. The zero-order valence-corrected chi connectivity index (χ0v) is 22.0. The average molecular weight is 502 g/mol. The van der Waals surface area contributed by atoms with Gasteiger partial charge >= 0.3 is 0 Å². The molecule has 0 aliphatic carbocycles. The van der Waals surface area contributed by atoms with Gasteiger partial charge < -0.3 is 24.6 Å². The lowest BCUT2D eigenvalue weighted by Gasteiger charge is -2.43. The maximum Gasteiger partial charge on any atom is 0.126 e. The van der Waals surface area contributed by atoms with Gasteiger partial charge in [0.25, 0.3) is 0 Å². The Labute approximate surface area is 220 Å². The molecule has 2 N–H and O–H groups in total. The first-order valence-corrected chi connectivity index (χ1v) is 13.7. The number of nitrogens with zero attached hydrogens (tertiary/aromatic N) is 1. The molecule has 196 valence electrons. The van der Waals surface area contributed by atoms with Crippen molar-refractivity contribution in [2.45, 2.75) is 63.3 Å². The van der Waals surface area contributed by atoms with Crippen molar-refractivity contribution in [3.05, 3.63) is 83.4 Å². The minimum Gasteiger partial charge on any atom is -0.508 e. The second-order valence-corrected chi connectivity index (χ2v) is 10.9. The van der Waals surface area contributed by atoms with Gasteiger partial charge in [0.05, 0.1) is 13.2 Å². The number of phenolic OH excluding ortho intramolecular Hbond substituents is 2. The van der Waals surface area contributed by atoms with E-state index in [1.54, 1.807) is 24.3 Å². The van der Waals surface area contributed by atoms with E-state index in [2.05, 4.69) is 43.0 Å². The zero-order chi connectivity index (χ0) is 25.8. The summed E-state index contributed by atoms with van der Waals surface area (Å²) in [6.07, 6.45) is 6.25. The molecule has 3 aromatic rings. The Balaban J connectivity index is 1.29. The van der Waals surface area contributed by atoms with E-state index in [4.69, 9.17) is 9.47 Å². The molecule has 3 aromatic carbocycles. The summed E-state index contributed by atoms with van der Waals surface area (Å²) in [5.41, 5.74) is 2.95. The number of ether oxygens (including phenoxy) is 2. The second kappa shape index (κ2) is 11.1. The molecule has 37 heavy (non-hydrogen) atoms. The molecular weight excluding hydrogens is 462 g/mol. The summed E-state index contributed by atoms with van der Waals surface area (Å²) in [5, 5.41) is 19.9. The summed E-state index contributed by atoms with van der Waals surface area (Å²) < 4.78 is 12.3. The maximum absolute atomic E-state index is 10.0. The number of fused-ring (bicyclic) bond motifs is 1. The Hall–Kier alpha value is -3.18. The van der Waals surface area contributed by atoms with Crippen LogP contribution >= 0.6 is 0 Å². The van der Waals surface area contributed by atoms with E-state index in [0.29, 0.717) is 18.4 Å². The summed E-state index contributed by atoms with van der Waals surface area (Å²) in [6, 6.07) is 21.9. The summed E-state index contributed by atoms with van der Waals surface area (Å²) in [5.74, 6) is 2.06. The van der Waals surface area contributed by atoms with Crippen LogP contribution in [0.15, 0.2) is 66.7 Å². The molecule has 5 nitrogen and oxygen atoms in total. The number of hydrogen-bond donors (Lipinski definition) is 2. The van der Waals surface area contributed by atoms with Crippen LogP contribution < -0.4 is 9.47 Å². The predicted molar refractivity (Wildman–Crippen MR) is 147 cm³/mol. The lowest BCUT2D eigenvalue weighted by atomic mass is 9.65. The number of hydrogen-bond acceptors (Lipinski definition) is 5. The molecule has 0 amide bonds. The van der Waals surface area contributed by atoms with Crippen LogP contribution in [0, 0.1) is 0 Å². The van der Waals surface area contributed by atoms with Crippen LogP contribution in [0.4, 0.5) is 0 Å². The summed E-state index contributed by atoms with van der Waals surface area (Å²) in [6.45, 7) is 8.15. The third kappa shape index (κ3) is 5.57. The third-order valence-electron chi connectivity index (χ3n) is 8.26. The number of likely N-dealkylation sites (tertiary alicyclic amines) is 1. The monoisotopic (exact) mass is 501 g/mol. The van der Waals surface area contributed by atoms with Gasteiger partial charge in [-0.05, 0) is 87.2 Å². The van der Waals surface area contributed by atoms with Crippen LogP contribution in [-0.2, 0) is 5.41 Å². The number of rotatable bonds is 8. The number of benzene rings is 3. The summed E-state index contributed by atoms with van der Waals surface area (Å²) in [4.78, 5) is 2.62. The van der Waals surface area contributed by atoms with Gasteiger partial charge in [-0.2, -0.15) is 0 Å². The van der Waals surface area contributed by atoms with Crippen LogP contribution in [0.1, 0.15) is 68.6 Å². The molecule has 0 aromatic heterocycles. The maximum atomic E-state index is 10.0. The van der Waals surface area contributed by atoms with E-state index < -0.39 is 0 Å². The van der Waals surface area contributed by atoms with Crippen LogP contribution in [0.3, 0.4) is 0 Å². The first-order chi connectivity index (χ1) is 17.9. The normalized spacial score (nSPS) is 23.7. The standard InChI is InChI=1S/C32H39NO4/c1-23-7-3-4-18-33(23)19-5-6-20-36-28-15-8-24(9-16-28)31-29-17-14-27(35)21-30(29)37-22-32(31,2)25-10-12-26(34)13-11-25/h8-17,21,23,31,34-35H,3-7,18-20,22H2,1-2H3. The van der Waals surface area contributed by atoms with Crippen molar-refractivity contribution >= 4 is 0 Å². The topological polar surface area (TPSA) is 62.2 Å². The number of phenols is 2. The van der Waals surface area contributed by atoms with Crippen LogP contribution in [0.2, 0.25) is 0 Å². The Morgan fingerprint density at radius 2 is 1.70 bits per heavy atom. The molecule has 0 bridgehead atoms. The Kier molecular flexibility index (Phi) is 7.61. The van der Waals surface area contributed by atoms with E-state index >= 15 is 0 Å². The Bertz CT molecular complexity index is 1180. The van der Waals surface area contributed by atoms with Gasteiger partial charge in [-0.15, -0.1) is 0 Å². The van der Waals surface area contributed by atoms with Crippen molar-refractivity contribution in [2.24, 2.45) is 0 Å². The van der Waals surface area contributed by atoms with Crippen molar-refractivity contribution in [3.8, 4) is 23.0 Å². The molecule has 2 heterocycles. The molecule has 1 saturated heterocycles. The molecule has 3 atom stereocenters. The van der Waals surface area contributed by atoms with Gasteiger partial charge in [0, 0.05) is 29.0 Å². The zero-order valence-electron chi connectivity index (χ0n) is 22.0. The highest BCUT2D eigenvalue weighted by molar-refractivity contribution is 5.53. The highest BCUT2D eigenvalue weighted by atomic mass is 16.5. The highest BCUT2D eigenvalue weighted by Crippen LogP contribution is 2.50. The largest absolute Gasteiger partial charge is 0.508 e. The minimum absolute atomic E-state index is 0.0157. The second-order valence-electron chi connectivity index (χ2n) is 10.9. The van der Waals surface area contributed by atoms with E-state index in [9.17, 15) is 10.2 Å². The van der Waals surface area contributed by atoms with Gasteiger partial charge in [-0.1, -0.05) is 43.7 Å². The Morgan fingerprint density at radius 3 is 2.46 bits per heavy atom. The quantitative estimate of drug-likeness (QED) is 0.340. The fourth-order valence-electron chi connectivity index (χ4n) is 6.03. The van der Waals surface area contributed by atoms with E-state index in [1.165, 1.54) is 32.2 Å². The SMILES string of the molecule is CC1CCCCN1CCCCOc1ccc(C2c3ccc(O)cc3OCC2(C)c2ccc(O)cc2)cc1. The van der Waals surface area contributed by atoms with Crippen molar-refractivity contribution in [3.63, 3.8) is 0 Å². The van der Waals surface area contributed by atoms with Gasteiger partial charge in [-0.25, -0.2) is 0 Å². The number of aromatic hydroxyl groups is 2. The Morgan fingerprint density at radius 1 is 0.946 bits per heavy atom. The molecule has 5 rings (SSSR count). The van der Waals surface area contributed by atoms with Crippen LogP contribution in [-0.4, -0.2) is 47.5 Å². The first kappa shape index (κ1) is 25.5. The fraction of sp³-hybridized carbons (Fsp3) is 0.438. The highest BCUT2D eigenvalue weighted by Gasteiger charge is 2.43. The summed E-state index contributed by atoms with van der Waals surface area (Å²) in [7, 11) is 0. The molecule has 3 unspecified atom stereocenters. The lowest BCUT2D eigenvalue weighted by Crippen LogP contribution is -2.40. The fourth-order valence-corrected chi connectivity index (χ4v) is 6.03. The molecule has 1 fully saturated rings.